The third-order valence-corrected chi connectivity index (χ3v) is 4.30. The maximum Gasteiger partial charge on any atom is 0.337 e. The predicted molar refractivity (Wildman–Crippen MR) is 102 cm³/mol. The van der Waals surface area contributed by atoms with Gasteiger partial charge in [0.15, 0.2) is 11.5 Å². The molecule has 6 heteroatoms. The topological polar surface area (TPSA) is 65.1 Å². The molecule has 2 aromatic rings. The molecule has 1 amide bonds. The van der Waals surface area contributed by atoms with Gasteiger partial charge in [-0.3, -0.25) is 4.79 Å². The van der Waals surface area contributed by atoms with E-state index in [1.54, 1.807) is 38.3 Å². The second-order valence-corrected chi connectivity index (χ2v) is 6.13. The Balaban J connectivity index is 1.91. The van der Waals surface area contributed by atoms with Crippen molar-refractivity contribution in [1.29, 1.82) is 0 Å². The molecule has 0 aliphatic heterocycles. The van der Waals surface area contributed by atoms with Crippen molar-refractivity contribution >= 4 is 11.9 Å². The number of methoxy groups -OCH3 is 3. The van der Waals surface area contributed by atoms with Crippen molar-refractivity contribution in [3.05, 3.63) is 59.2 Å². The lowest BCUT2D eigenvalue weighted by Crippen LogP contribution is -2.26. The number of hydrogen-bond acceptors (Lipinski definition) is 5. The Morgan fingerprint density at radius 3 is 2.11 bits per heavy atom. The first-order valence-electron chi connectivity index (χ1n) is 8.60. The Morgan fingerprint density at radius 2 is 1.52 bits per heavy atom. The summed E-state index contributed by atoms with van der Waals surface area (Å²) in [5, 5.41) is 0. The summed E-state index contributed by atoms with van der Waals surface area (Å²) in [6, 6.07) is 12.7. The molecule has 0 aromatic heterocycles. The summed E-state index contributed by atoms with van der Waals surface area (Å²) < 4.78 is 15.2. The van der Waals surface area contributed by atoms with Crippen LogP contribution in [0.2, 0.25) is 0 Å². The number of amides is 1. The molecule has 0 radical (unpaired) electrons. The normalized spacial score (nSPS) is 10.2. The van der Waals surface area contributed by atoms with Gasteiger partial charge >= 0.3 is 5.97 Å². The van der Waals surface area contributed by atoms with Crippen LogP contribution in [-0.4, -0.2) is 45.2 Å². The zero-order valence-electron chi connectivity index (χ0n) is 16.2. The average Bonchev–Trinajstić information content (AvgIpc) is 2.71. The zero-order chi connectivity index (χ0) is 19.8. The Morgan fingerprint density at radius 1 is 0.889 bits per heavy atom. The van der Waals surface area contributed by atoms with Gasteiger partial charge in [0.1, 0.15) is 0 Å². The van der Waals surface area contributed by atoms with Gasteiger partial charge in [0, 0.05) is 20.0 Å². The molecular formula is C21H25NO5. The van der Waals surface area contributed by atoms with Crippen molar-refractivity contribution in [2.24, 2.45) is 0 Å². The van der Waals surface area contributed by atoms with Gasteiger partial charge < -0.3 is 19.1 Å². The number of hydrogen-bond donors (Lipinski definition) is 0. The maximum atomic E-state index is 12.4. The fourth-order valence-electron chi connectivity index (χ4n) is 2.70. The molecule has 2 aromatic carbocycles. The van der Waals surface area contributed by atoms with Gasteiger partial charge in [-0.1, -0.05) is 18.2 Å². The molecule has 0 fully saturated rings. The van der Waals surface area contributed by atoms with Crippen LogP contribution in [0.4, 0.5) is 0 Å². The minimum atomic E-state index is -0.374. The maximum absolute atomic E-state index is 12.4. The lowest BCUT2D eigenvalue weighted by atomic mass is 10.1. The van der Waals surface area contributed by atoms with Gasteiger partial charge in [-0.05, 0) is 41.8 Å². The monoisotopic (exact) mass is 371 g/mol. The number of carbonyl (C=O) groups excluding carboxylic acids is 2. The molecule has 144 valence electrons. The summed E-state index contributed by atoms with van der Waals surface area (Å²) in [6.45, 7) is 0.478. The first-order chi connectivity index (χ1) is 13.0. The quantitative estimate of drug-likeness (QED) is 0.667. The number of aryl methyl sites for hydroxylation is 1. The van der Waals surface area contributed by atoms with E-state index in [2.05, 4.69) is 4.74 Å². The SMILES string of the molecule is COC(=O)c1ccc(CN(C)C(=O)CCc2ccc(OC)c(OC)c2)cc1. The summed E-state index contributed by atoms with van der Waals surface area (Å²) in [5.41, 5.74) is 2.45. The van der Waals surface area contributed by atoms with Crippen molar-refractivity contribution < 1.29 is 23.8 Å². The van der Waals surface area contributed by atoms with E-state index in [9.17, 15) is 9.59 Å². The number of carbonyl (C=O) groups is 2. The molecule has 0 N–H and O–H groups in total. The van der Waals surface area contributed by atoms with Gasteiger partial charge in [0.05, 0.1) is 26.9 Å². The largest absolute Gasteiger partial charge is 0.493 e. The van der Waals surface area contributed by atoms with Crippen LogP contribution in [0.5, 0.6) is 11.5 Å². The van der Waals surface area contributed by atoms with Crippen LogP contribution in [-0.2, 0) is 22.5 Å². The van der Waals surface area contributed by atoms with Gasteiger partial charge in [-0.15, -0.1) is 0 Å². The smallest absolute Gasteiger partial charge is 0.337 e. The van der Waals surface area contributed by atoms with E-state index in [1.165, 1.54) is 7.11 Å². The third-order valence-electron chi connectivity index (χ3n) is 4.30. The number of ether oxygens (including phenoxy) is 3. The van der Waals surface area contributed by atoms with Crippen LogP contribution in [0, 0.1) is 0 Å². The minimum Gasteiger partial charge on any atom is -0.493 e. The lowest BCUT2D eigenvalue weighted by Gasteiger charge is -2.18. The molecule has 0 spiro atoms. The summed E-state index contributed by atoms with van der Waals surface area (Å²) in [4.78, 5) is 25.5. The molecule has 6 nitrogen and oxygen atoms in total. The van der Waals surface area contributed by atoms with Crippen LogP contribution < -0.4 is 9.47 Å². The van der Waals surface area contributed by atoms with E-state index < -0.39 is 0 Å². The van der Waals surface area contributed by atoms with Crippen LogP contribution in [0.25, 0.3) is 0 Å². The number of rotatable bonds is 8. The zero-order valence-corrected chi connectivity index (χ0v) is 16.2. The molecule has 0 saturated carbocycles. The van der Waals surface area contributed by atoms with E-state index in [0.717, 1.165) is 11.1 Å². The minimum absolute atomic E-state index is 0.0434. The van der Waals surface area contributed by atoms with Gasteiger partial charge in [0.2, 0.25) is 5.91 Å². The second-order valence-electron chi connectivity index (χ2n) is 6.13. The first kappa shape index (κ1) is 20.3. The Labute approximate surface area is 159 Å². The highest BCUT2D eigenvalue weighted by Gasteiger charge is 2.12. The average molecular weight is 371 g/mol. The summed E-state index contributed by atoms with van der Waals surface area (Å²) in [5.74, 6) is 0.990. The van der Waals surface area contributed by atoms with Crippen molar-refractivity contribution in [2.75, 3.05) is 28.4 Å². The van der Waals surface area contributed by atoms with Gasteiger partial charge in [-0.25, -0.2) is 4.79 Å². The van der Waals surface area contributed by atoms with Crippen LogP contribution in [0.3, 0.4) is 0 Å². The van der Waals surface area contributed by atoms with Crippen LogP contribution >= 0.6 is 0 Å². The Bertz CT molecular complexity index is 786. The number of benzene rings is 2. The van der Waals surface area contributed by atoms with Crippen LogP contribution in [0.1, 0.15) is 27.9 Å². The summed E-state index contributed by atoms with van der Waals surface area (Å²) in [6.07, 6.45) is 1.01. The summed E-state index contributed by atoms with van der Waals surface area (Å²) >= 11 is 0. The Hall–Kier alpha value is -3.02. The fourth-order valence-corrected chi connectivity index (χ4v) is 2.70. The van der Waals surface area contributed by atoms with E-state index in [-0.39, 0.29) is 11.9 Å². The second kappa shape index (κ2) is 9.62. The Kier molecular flexibility index (Phi) is 7.23. The highest BCUT2D eigenvalue weighted by Crippen LogP contribution is 2.28. The molecule has 0 unspecified atom stereocenters. The first-order valence-corrected chi connectivity index (χ1v) is 8.60. The van der Waals surface area contributed by atoms with E-state index in [0.29, 0.717) is 36.4 Å². The third kappa shape index (κ3) is 5.48. The summed E-state index contributed by atoms with van der Waals surface area (Å²) in [7, 11) is 6.30. The fraction of sp³-hybridized carbons (Fsp3) is 0.333. The molecule has 0 aliphatic carbocycles. The molecule has 2 rings (SSSR count). The molecule has 0 heterocycles. The molecule has 0 saturated heterocycles. The number of esters is 1. The molecule has 27 heavy (non-hydrogen) atoms. The molecule has 0 bridgehead atoms. The van der Waals surface area contributed by atoms with Crippen molar-refractivity contribution in [2.45, 2.75) is 19.4 Å². The van der Waals surface area contributed by atoms with E-state index in [1.807, 2.05) is 30.3 Å². The van der Waals surface area contributed by atoms with E-state index in [4.69, 9.17) is 9.47 Å². The van der Waals surface area contributed by atoms with Gasteiger partial charge in [-0.2, -0.15) is 0 Å². The number of nitrogens with zero attached hydrogens (tertiary/aromatic N) is 1. The molecule has 0 atom stereocenters. The standard InChI is InChI=1S/C21H25NO5/c1-22(14-16-5-9-17(10-6-16)21(24)27-4)20(23)12-8-15-7-11-18(25-2)19(13-15)26-3/h5-7,9-11,13H,8,12,14H2,1-4H3. The van der Waals surface area contributed by atoms with Gasteiger partial charge in [0.25, 0.3) is 0 Å². The van der Waals surface area contributed by atoms with Crippen molar-refractivity contribution in [3.8, 4) is 11.5 Å². The highest BCUT2D eigenvalue weighted by atomic mass is 16.5. The van der Waals surface area contributed by atoms with E-state index >= 15 is 0 Å². The molecule has 0 aliphatic rings. The predicted octanol–water partition coefficient (Wildman–Crippen LogP) is 3.08. The molecular weight excluding hydrogens is 346 g/mol. The van der Waals surface area contributed by atoms with Crippen molar-refractivity contribution in [3.63, 3.8) is 0 Å². The van der Waals surface area contributed by atoms with Crippen molar-refractivity contribution in [1.82, 2.24) is 4.90 Å². The highest BCUT2D eigenvalue weighted by molar-refractivity contribution is 5.89. The lowest BCUT2D eigenvalue weighted by molar-refractivity contribution is -0.130. The van der Waals surface area contributed by atoms with Crippen LogP contribution in [0.15, 0.2) is 42.5 Å².